The number of carbonyl (C=O) groups excluding carboxylic acids is 1. The molecule has 13 nitrogen and oxygen atoms in total. The fourth-order valence-electron chi connectivity index (χ4n) is 2.00. The van der Waals surface area contributed by atoms with Crippen LogP contribution in [0.1, 0.15) is 68.2 Å². The van der Waals surface area contributed by atoms with E-state index in [9.17, 15) is 10.0 Å². The first-order valence-electron chi connectivity index (χ1n) is 9.29. The van der Waals surface area contributed by atoms with Crippen molar-refractivity contribution in [3.8, 4) is 0 Å². The number of nitrogens with zero attached hydrogens (tertiary/aromatic N) is 1. The van der Waals surface area contributed by atoms with Gasteiger partial charge in [0.15, 0.2) is 0 Å². The molecule has 0 saturated carbocycles. The van der Waals surface area contributed by atoms with Crippen LogP contribution >= 0.6 is 0 Å². The lowest BCUT2D eigenvalue weighted by Gasteiger charge is -2.47. The first kappa shape index (κ1) is 39.8. The third-order valence-electron chi connectivity index (χ3n) is 2.57. The summed E-state index contributed by atoms with van der Waals surface area (Å²) in [6.45, 7) is 13.1. The van der Waals surface area contributed by atoms with E-state index < -0.39 is 35.0 Å². The lowest BCUT2D eigenvalue weighted by atomic mass is 9.81. The Morgan fingerprint density at radius 2 is 0.875 bits per heavy atom. The van der Waals surface area contributed by atoms with Crippen LogP contribution in [0.15, 0.2) is 0 Å². The molecule has 1 fully saturated rings. The van der Waals surface area contributed by atoms with Crippen LogP contribution in [0.3, 0.4) is 0 Å². The molecule has 0 unspecified atom stereocenters. The molecule has 9 N–H and O–H groups in total. The van der Waals surface area contributed by atoms with Gasteiger partial charge >= 0.3 is 0 Å². The fraction of sp³-hybridized carbons (Fsp3) is 0.737. The van der Waals surface area contributed by atoms with Crippen molar-refractivity contribution in [3.63, 3.8) is 0 Å². The summed E-state index contributed by atoms with van der Waals surface area (Å²) >= 11 is 0. The van der Waals surface area contributed by atoms with Crippen LogP contribution in [0.5, 0.6) is 0 Å². The van der Waals surface area contributed by atoms with E-state index in [-0.39, 0.29) is 5.78 Å². The van der Waals surface area contributed by atoms with Crippen molar-refractivity contribution >= 4 is 29.7 Å². The van der Waals surface area contributed by atoms with Gasteiger partial charge in [0.25, 0.3) is 23.9 Å². The Kier molecular flexibility index (Phi) is 26.9. The van der Waals surface area contributed by atoms with Crippen LogP contribution in [0.2, 0.25) is 0 Å². The largest absolute Gasteiger partial charge is 0.481 e. The zero-order valence-electron chi connectivity index (χ0n) is 20.2. The zero-order valence-corrected chi connectivity index (χ0v) is 20.2. The van der Waals surface area contributed by atoms with Gasteiger partial charge in [0.1, 0.15) is 5.78 Å². The summed E-state index contributed by atoms with van der Waals surface area (Å²) in [5, 5.41) is 40.7. The molecule has 0 aromatic carbocycles. The van der Waals surface area contributed by atoms with E-state index >= 15 is 0 Å². The summed E-state index contributed by atoms with van der Waals surface area (Å²) in [7, 11) is 0. The van der Waals surface area contributed by atoms with Gasteiger partial charge in [0.05, 0.1) is 0 Å². The molecule has 0 aliphatic carbocycles. The number of hydroxylamine groups is 2. The van der Waals surface area contributed by atoms with E-state index in [0.29, 0.717) is 25.9 Å². The molecular formula is C19H41N3O10. The van der Waals surface area contributed by atoms with Crippen molar-refractivity contribution in [1.29, 1.82) is 0 Å². The first-order valence-corrected chi connectivity index (χ1v) is 9.29. The van der Waals surface area contributed by atoms with Gasteiger partial charge in [0, 0.05) is 64.7 Å². The van der Waals surface area contributed by atoms with Crippen LogP contribution in [0, 0.1) is 0 Å². The molecule has 1 rings (SSSR count). The molecule has 13 heteroatoms. The summed E-state index contributed by atoms with van der Waals surface area (Å²) in [5.74, 6) is -3.10. The normalized spacial score (nSPS) is 14.9. The predicted octanol–water partition coefficient (Wildman–Crippen LogP) is 0.865. The summed E-state index contributed by atoms with van der Waals surface area (Å²) in [4.78, 5) is 47.3. The Bertz CT molecular complexity index is 478. The molecule has 1 aliphatic heterocycles. The van der Waals surface area contributed by atoms with Crippen molar-refractivity contribution < 1.29 is 49.6 Å². The monoisotopic (exact) mass is 471 g/mol. The van der Waals surface area contributed by atoms with E-state index in [2.05, 4.69) is 0 Å². The molecular weight excluding hydrogens is 430 g/mol. The Morgan fingerprint density at radius 3 is 1.00 bits per heavy atom. The van der Waals surface area contributed by atoms with E-state index in [1.165, 1.54) is 5.06 Å². The van der Waals surface area contributed by atoms with Crippen molar-refractivity contribution in [2.24, 2.45) is 11.5 Å². The minimum Gasteiger partial charge on any atom is -0.481 e. The average Bonchev–Trinajstić information content (AvgIpc) is 2.50. The number of carbonyl (C=O) groups is 5. The van der Waals surface area contributed by atoms with E-state index in [0.717, 1.165) is 27.7 Å². The molecule has 0 aromatic heterocycles. The molecule has 32 heavy (non-hydrogen) atoms. The fourth-order valence-corrected chi connectivity index (χ4v) is 2.00. The number of hydrogen-bond donors (Lipinski definition) is 7. The van der Waals surface area contributed by atoms with Crippen LogP contribution in [0.4, 0.5) is 0 Å². The van der Waals surface area contributed by atoms with Gasteiger partial charge < -0.3 is 37.1 Å². The molecule has 192 valence electrons. The molecule has 0 radical (unpaired) electrons. The quantitative estimate of drug-likeness (QED) is 0.281. The molecule has 0 bridgehead atoms. The second-order valence-corrected chi connectivity index (χ2v) is 7.48. The first-order chi connectivity index (χ1) is 14.1. The van der Waals surface area contributed by atoms with Crippen LogP contribution in [-0.4, -0.2) is 84.5 Å². The predicted molar refractivity (Wildman–Crippen MR) is 117 cm³/mol. The summed E-state index contributed by atoms with van der Waals surface area (Å²) in [6, 6.07) is 0. The molecule has 0 atom stereocenters. The molecule has 0 spiro atoms. The number of carboxylic acid groups (broad SMARTS) is 4. The highest BCUT2D eigenvalue weighted by Gasteiger charge is 2.44. The number of nitrogens with two attached hydrogens (primary N) is 2. The molecule has 1 saturated heterocycles. The maximum atomic E-state index is 11.3. The molecule has 0 amide bonds. The smallest absolute Gasteiger partial charge is 0.300 e. The van der Waals surface area contributed by atoms with Gasteiger partial charge in [-0.25, -0.2) is 0 Å². The highest BCUT2D eigenvalue weighted by Crippen LogP contribution is 2.34. The van der Waals surface area contributed by atoms with Gasteiger partial charge in [0.2, 0.25) is 0 Å². The highest BCUT2D eigenvalue weighted by molar-refractivity contribution is 5.81. The van der Waals surface area contributed by atoms with Crippen LogP contribution in [0.25, 0.3) is 0 Å². The Morgan fingerprint density at radius 1 is 0.719 bits per heavy atom. The summed E-state index contributed by atoms with van der Waals surface area (Å²) in [5.41, 5.74) is 8.97. The Labute approximate surface area is 189 Å². The second kappa shape index (κ2) is 21.6. The maximum absolute atomic E-state index is 11.3. The number of carboxylic acids is 4. The lowest BCUT2D eigenvalue weighted by molar-refractivity contribution is -0.236. The summed E-state index contributed by atoms with van der Waals surface area (Å²) in [6.07, 6.45) is 0.875. The third-order valence-corrected chi connectivity index (χ3v) is 2.57. The van der Waals surface area contributed by atoms with Gasteiger partial charge in [-0.1, -0.05) is 0 Å². The van der Waals surface area contributed by atoms with Crippen LogP contribution < -0.4 is 11.5 Å². The van der Waals surface area contributed by atoms with Crippen LogP contribution in [-0.2, 0) is 24.0 Å². The van der Waals surface area contributed by atoms with E-state index in [1.807, 2.05) is 27.7 Å². The average molecular weight is 472 g/mol. The minimum atomic E-state index is -0.833. The number of Topliss-reactive ketones (excluding diaryl/α,β-unsaturated/α-hetero) is 1. The molecule has 0 aromatic rings. The number of rotatable bonds is 1. The van der Waals surface area contributed by atoms with Crippen molar-refractivity contribution in [3.05, 3.63) is 0 Å². The lowest BCUT2D eigenvalue weighted by Crippen LogP contribution is -2.59. The van der Waals surface area contributed by atoms with Gasteiger partial charge in [-0.2, -0.15) is 5.06 Å². The van der Waals surface area contributed by atoms with Crippen molar-refractivity contribution in [2.75, 3.05) is 13.1 Å². The summed E-state index contributed by atoms with van der Waals surface area (Å²) < 4.78 is 0. The number of piperidine rings is 1. The Balaban J connectivity index is -0.000000102. The van der Waals surface area contributed by atoms with Crippen molar-refractivity contribution in [2.45, 2.75) is 79.3 Å². The minimum absolute atomic E-state index is 0.232. The van der Waals surface area contributed by atoms with E-state index in [4.69, 9.17) is 51.1 Å². The van der Waals surface area contributed by atoms with Gasteiger partial charge in [-0.3, -0.25) is 24.0 Å². The maximum Gasteiger partial charge on any atom is 0.300 e. The number of aliphatic carboxylic acids is 4. The van der Waals surface area contributed by atoms with E-state index in [1.54, 1.807) is 0 Å². The molecule has 1 heterocycles. The SMILES string of the molecule is CC(=O)O.CC(=O)O.CC(=O)O.CC(=O)O.CC1(C)CC(=O)CC(C)(C)N1O.NCCN. The zero-order chi connectivity index (χ0) is 27.3. The second-order valence-electron chi connectivity index (χ2n) is 7.48. The van der Waals surface area contributed by atoms with Crippen molar-refractivity contribution in [1.82, 2.24) is 5.06 Å². The third kappa shape index (κ3) is 45.9. The van der Waals surface area contributed by atoms with Gasteiger partial charge in [-0.05, 0) is 27.7 Å². The standard InChI is InChI=1S/C9H17NO2.C2H8N2.4C2H4O2/c1-8(2)5-7(11)6-9(3,4)10(8)12;3-1-2-4;4*1-2(3)4/h12H,5-6H2,1-4H3;1-4H2;4*1H3,(H,3,4). The highest BCUT2D eigenvalue weighted by atomic mass is 16.5. The number of ketones is 1. The van der Waals surface area contributed by atoms with Gasteiger partial charge in [-0.15, -0.1) is 0 Å². The Hall–Kier alpha value is -2.61. The topological polar surface area (TPSA) is 242 Å². The molecule has 1 aliphatic rings. The number of hydrogen-bond acceptors (Lipinski definition) is 9.